The maximum atomic E-state index is 12.2. The summed E-state index contributed by atoms with van der Waals surface area (Å²) in [5.74, 6) is 0.0860. The highest BCUT2D eigenvalue weighted by atomic mass is 35.5. The first-order valence-corrected chi connectivity index (χ1v) is 6.04. The Morgan fingerprint density at radius 3 is 2.94 bits per heavy atom. The number of rotatable bonds is 1. The lowest BCUT2D eigenvalue weighted by Crippen LogP contribution is -1.98. The zero-order valence-corrected chi connectivity index (χ0v) is 10.6. The molecular formula is C14H11ClN2O. The molecule has 1 aromatic heterocycles. The summed E-state index contributed by atoms with van der Waals surface area (Å²) in [4.78, 5) is 12.2. The molecule has 0 aliphatic heterocycles. The molecule has 1 aromatic carbocycles. The van der Waals surface area contributed by atoms with E-state index in [4.69, 9.17) is 11.6 Å². The second-order valence-corrected chi connectivity index (χ2v) is 4.79. The lowest BCUT2D eigenvalue weighted by atomic mass is 10.1. The largest absolute Gasteiger partial charge is 0.289 e. The van der Waals surface area contributed by atoms with Crippen LogP contribution in [-0.2, 0) is 13.5 Å². The predicted molar refractivity (Wildman–Crippen MR) is 70.7 cm³/mol. The molecule has 3 nitrogen and oxygen atoms in total. The lowest BCUT2D eigenvalue weighted by molar-refractivity contribution is 0.104. The molecule has 0 saturated heterocycles. The number of halogens is 1. The summed E-state index contributed by atoms with van der Waals surface area (Å²) < 4.78 is 1.75. The molecule has 0 bridgehead atoms. The number of hydrogen-bond acceptors (Lipinski definition) is 2. The minimum Gasteiger partial charge on any atom is -0.289 e. The number of fused-ring (bicyclic) bond motifs is 1. The van der Waals surface area contributed by atoms with Crippen molar-refractivity contribution in [3.8, 4) is 0 Å². The van der Waals surface area contributed by atoms with Gasteiger partial charge in [-0.05, 0) is 35.9 Å². The van der Waals surface area contributed by atoms with E-state index in [9.17, 15) is 4.79 Å². The number of carbonyl (C=O) groups is 1. The van der Waals surface area contributed by atoms with Crippen LogP contribution in [0.15, 0.2) is 36.0 Å². The number of nitrogens with zero attached hydrogens (tertiary/aromatic N) is 2. The van der Waals surface area contributed by atoms with Crippen molar-refractivity contribution in [2.75, 3.05) is 0 Å². The van der Waals surface area contributed by atoms with Gasteiger partial charge in [0.25, 0.3) is 0 Å². The van der Waals surface area contributed by atoms with Crippen LogP contribution in [0.2, 0.25) is 5.02 Å². The Hall–Kier alpha value is -1.87. The molecular weight excluding hydrogens is 248 g/mol. The van der Waals surface area contributed by atoms with Crippen molar-refractivity contribution < 1.29 is 4.79 Å². The molecule has 0 spiro atoms. The fraction of sp³-hybridized carbons (Fsp3) is 0.143. The average Bonchev–Trinajstić information content (AvgIpc) is 2.86. The third-order valence-electron chi connectivity index (χ3n) is 3.17. The van der Waals surface area contributed by atoms with Crippen LogP contribution in [0.4, 0.5) is 0 Å². The highest BCUT2D eigenvalue weighted by Gasteiger charge is 2.24. The number of aryl methyl sites for hydroxylation is 1. The number of carbonyl (C=O) groups excluding carboxylic acids is 1. The van der Waals surface area contributed by atoms with Gasteiger partial charge in [0.1, 0.15) is 0 Å². The first-order chi connectivity index (χ1) is 8.65. The van der Waals surface area contributed by atoms with E-state index in [2.05, 4.69) is 5.10 Å². The number of allylic oxidation sites excluding steroid dienone is 1. The van der Waals surface area contributed by atoms with Gasteiger partial charge in [-0.25, -0.2) is 0 Å². The second kappa shape index (κ2) is 4.10. The summed E-state index contributed by atoms with van der Waals surface area (Å²) in [6.07, 6.45) is 4.25. The number of hydrogen-bond donors (Lipinski definition) is 0. The minimum atomic E-state index is 0.0860. The summed E-state index contributed by atoms with van der Waals surface area (Å²) >= 11 is 5.94. The van der Waals surface area contributed by atoms with Crippen LogP contribution in [0.5, 0.6) is 0 Å². The zero-order chi connectivity index (χ0) is 12.7. The van der Waals surface area contributed by atoms with Crippen LogP contribution in [-0.4, -0.2) is 15.6 Å². The van der Waals surface area contributed by atoms with Crippen LogP contribution in [0.25, 0.3) is 6.08 Å². The molecule has 1 aliphatic rings. The van der Waals surface area contributed by atoms with Crippen LogP contribution < -0.4 is 0 Å². The SMILES string of the molecule is Cn1nccc1/C=C1\Cc2cc(Cl)ccc2C1=O. The average molecular weight is 259 g/mol. The lowest BCUT2D eigenvalue weighted by Gasteiger charge is -1.97. The molecule has 2 aromatic rings. The van der Waals surface area contributed by atoms with E-state index in [0.717, 1.165) is 22.4 Å². The van der Waals surface area contributed by atoms with E-state index in [1.807, 2.05) is 25.3 Å². The molecule has 1 heterocycles. The standard InChI is InChI=1S/C14H11ClN2O/c1-17-12(4-5-16-17)8-10-6-9-7-11(15)2-3-13(9)14(10)18/h2-5,7-8H,6H2,1H3/b10-8+. The van der Waals surface area contributed by atoms with Crippen molar-refractivity contribution in [1.29, 1.82) is 0 Å². The number of benzene rings is 1. The highest BCUT2D eigenvalue weighted by molar-refractivity contribution is 6.31. The number of ketones is 1. The number of Topliss-reactive ketones (excluding diaryl/α,β-unsaturated/α-hetero) is 1. The van der Waals surface area contributed by atoms with E-state index < -0.39 is 0 Å². The molecule has 18 heavy (non-hydrogen) atoms. The fourth-order valence-corrected chi connectivity index (χ4v) is 2.40. The molecule has 3 rings (SSSR count). The monoisotopic (exact) mass is 258 g/mol. The van der Waals surface area contributed by atoms with Crippen LogP contribution >= 0.6 is 11.6 Å². The van der Waals surface area contributed by atoms with Gasteiger partial charge < -0.3 is 0 Å². The normalized spacial score (nSPS) is 16.3. The van der Waals surface area contributed by atoms with E-state index >= 15 is 0 Å². The Labute approximate surface area is 110 Å². The zero-order valence-electron chi connectivity index (χ0n) is 9.85. The van der Waals surface area contributed by atoms with Gasteiger partial charge in [-0.3, -0.25) is 9.48 Å². The topological polar surface area (TPSA) is 34.9 Å². The minimum absolute atomic E-state index is 0.0860. The summed E-state index contributed by atoms with van der Waals surface area (Å²) in [6, 6.07) is 7.30. The van der Waals surface area contributed by atoms with Crippen molar-refractivity contribution in [3.63, 3.8) is 0 Å². The van der Waals surface area contributed by atoms with Gasteiger partial charge in [-0.2, -0.15) is 5.10 Å². The highest BCUT2D eigenvalue weighted by Crippen LogP contribution is 2.29. The maximum Gasteiger partial charge on any atom is 0.189 e. The van der Waals surface area contributed by atoms with Gasteiger partial charge in [-0.15, -0.1) is 0 Å². The van der Waals surface area contributed by atoms with E-state index in [1.165, 1.54) is 0 Å². The van der Waals surface area contributed by atoms with Crippen molar-refractivity contribution in [2.24, 2.45) is 7.05 Å². The summed E-state index contributed by atoms with van der Waals surface area (Å²) in [6.45, 7) is 0. The Morgan fingerprint density at radius 2 is 2.22 bits per heavy atom. The quantitative estimate of drug-likeness (QED) is 0.737. The molecule has 4 heteroatoms. The van der Waals surface area contributed by atoms with Gasteiger partial charge in [0, 0.05) is 35.8 Å². The molecule has 0 amide bonds. The second-order valence-electron chi connectivity index (χ2n) is 4.36. The Bertz CT molecular complexity index is 670. The molecule has 0 radical (unpaired) electrons. The summed E-state index contributed by atoms with van der Waals surface area (Å²) in [7, 11) is 1.86. The Balaban J connectivity index is 2.02. The van der Waals surface area contributed by atoms with Gasteiger partial charge in [0.05, 0.1) is 5.69 Å². The maximum absolute atomic E-state index is 12.2. The number of aromatic nitrogens is 2. The van der Waals surface area contributed by atoms with Gasteiger partial charge in [-0.1, -0.05) is 11.6 Å². The van der Waals surface area contributed by atoms with Crippen molar-refractivity contribution in [3.05, 3.63) is 57.9 Å². The van der Waals surface area contributed by atoms with Crippen molar-refractivity contribution in [2.45, 2.75) is 6.42 Å². The van der Waals surface area contributed by atoms with E-state index in [1.54, 1.807) is 23.0 Å². The molecule has 0 saturated carbocycles. The fourth-order valence-electron chi connectivity index (χ4n) is 2.21. The molecule has 0 atom stereocenters. The van der Waals surface area contributed by atoms with E-state index in [-0.39, 0.29) is 5.78 Å². The van der Waals surface area contributed by atoms with E-state index in [0.29, 0.717) is 11.4 Å². The molecule has 1 aliphatic carbocycles. The van der Waals surface area contributed by atoms with Crippen molar-refractivity contribution in [1.82, 2.24) is 9.78 Å². The Kier molecular flexibility index (Phi) is 2.56. The van der Waals surface area contributed by atoms with Gasteiger partial charge in [0.15, 0.2) is 5.78 Å². The third kappa shape index (κ3) is 1.77. The summed E-state index contributed by atoms with van der Waals surface area (Å²) in [5.41, 5.74) is 3.47. The molecule has 0 fully saturated rings. The molecule has 0 N–H and O–H groups in total. The molecule has 90 valence electrons. The van der Waals surface area contributed by atoms with Crippen LogP contribution in [0.3, 0.4) is 0 Å². The van der Waals surface area contributed by atoms with Gasteiger partial charge >= 0.3 is 0 Å². The first kappa shape index (κ1) is 11.2. The van der Waals surface area contributed by atoms with Crippen LogP contribution in [0.1, 0.15) is 21.6 Å². The van der Waals surface area contributed by atoms with Gasteiger partial charge in [0.2, 0.25) is 0 Å². The Morgan fingerprint density at radius 1 is 1.39 bits per heavy atom. The summed E-state index contributed by atoms with van der Waals surface area (Å²) in [5, 5.41) is 4.76. The smallest absolute Gasteiger partial charge is 0.189 e. The van der Waals surface area contributed by atoms with Crippen molar-refractivity contribution >= 4 is 23.5 Å². The first-order valence-electron chi connectivity index (χ1n) is 5.67. The third-order valence-corrected chi connectivity index (χ3v) is 3.40. The predicted octanol–water partition coefficient (Wildman–Crippen LogP) is 2.90. The molecule has 0 unspecified atom stereocenters. The van der Waals surface area contributed by atoms with Crippen LogP contribution in [0, 0.1) is 0 Å².